The summed E-state index contributed by atoms with van der Waals surface area (Å²) in [5, 5.41) is 2.94. The molecule has 2 N–H and O–H groups in total. The topological polar surface area (TPSA) is 78.5 Å². The Bertz CT molecular complexity index is 985. The Hall–Kier alpha value is -2.45. The zero-order valence-electron chi connectivity index (χ0n) is 17.3. The SMILES string of the molecule is CC(C)(CNC(=O)c1ccccc1NS(=O)(=O)c1ccc(F)cc1)N1CCCCC1. The Balaban J connectivity index is 1.72. The minimum absolute atomic E-state index is 0.0784. The van der Waals surface area contributed by atoms with Crippen LogP contribution in [0.25, 0.3) is 0 Å². The van der Waals surface area contributed by atoms with Gasteiger partial charge in [-0.2, -0.15) is 0 Å². The predicted molar refractivity (Wildman–Crippen MR) is 115 cm³/mol. The zero-order chi connectivity index (χ0) is 21.8. The number of rotatable bonds is 7. The molecule has 0 spiro atoms. The lowest BCUT2D eigenvalue weighted by atomic mass is 9.98. The minimum atomic E-state index is -3.95. The predicted octanol–water partition coefficient (Wildman–Crippen LogP) is 3.62. The number of amides is 1. The van der Waals surface area contributed by atoms with Crippen molar-refractivity contribution in [1.82, 2.24) is 10.2 Å². The smallest absolute Gasteiger partial charge is 0.261 e. The van der Waals surface area contributed by atoms with E-state index in [2.05, 4.69) is 28.8 Å². The average Bonchev–Trinajstić information content (AvgIpc) is 2.73. The number of hydrogen-bond acceptors (Lipinski definition) is 4. The zero-order valence-corrected chi connectivity index (χ0v) is 18.1. The molecule has 0 aliphatic carbocycles. The van der Waals surface area contributed by atoms with Gasteiger partial charge in [0.05, 0.1) is 16.1 Å². The van der Waals surface area contributed by atoms with Gasteiger partial charge in [0.2, 0.25) is 0 Å². The molecule has 1 heterocycles. The summed E-state index contributed by atoms with van der Waals surface area (Å²) in [6.45, 7) is 6.67. The molecule has 0 bridgehead atoms. The largest absolute Gasteiger partial charge is 0.350 e. The average molecular weight is 434 g/mol. The van der Waals surface area contributed by atoms with Crippen LogP contribution in [0.15, 0.2) is 53.4 Å². The maximum absolute atomic E-state index is 13.1. The molecule has 0 aromatic heterocycles. The van der Waals surface area contributed by atoms with E-state index in [0.717, 1.165) is 38.1 Å². The highest BCUT2D eigenvalue weighted by Crippen LogP contribution is 2.22. The fourth-order valence-corrected chi connectivity index (χ4v) is 4.67. The highest BCUT2D eigenvalue weighted by molar-refractivity contribution is 7.92. The summed E-state index contributed by atoms with van der Waals surface area (Å²) in [7, 11) is -3.95. The Labute approximate surface area is 177 Å². The number of anilines is 1. The molecule has 3 rings (SSSR count). The van der Waals surface area contributed by atoms with E-state index >= 15 is 0 Å². The summed E-state index contributed by atoms with van der Waals surface area (Å²) in [6.07, 6.45) is 3.55. The van der Waals surface area contributed by atoms with Gasteiger partial charge in [-0.3, -0.25) is 14.4 Å². The van der Waals surface area contributed by atoms with E-state index in [0.29, 0.717) is 6.54 Å². The molecule has 0 radical (unpaired) electrons. The first kappa shape index (κ1) is 22.2. The standard InChI is InChI=1S/C22H28FN3O3S/c1-22(2,26-14-6-3-7-15-26)16-24-21(27)19-8-4-5-9-20(19)25-30(28,29)18-12-10-17(23)11-13-18/h4-5,8-13,25H,3,6-7,14-16H2,1-2H3,(H,24,27). The molecule has 1 aliphatic heterocycles. The summed E-state index contributed by atoms with van der Waals surface area (Å²) in [5.74, 6) is -0.873. The van der Waals surface area contributed by atoms with E-state index in [1.165, 1.54) is 24.6 Å². The van der Waals surface area contributed by atoms with E-state index in [1.807, 2.05) is 0 Å². The van der Waals surface area contributed by atoms with Crippen molar-refractivity contribution in [3.63, 3.8) is 0 Å². The van der Waals surface area contributed by atoms with Crippen molar-refractivity contribution in [2.24, 2.45) is 0 Å². The number of carbonyl (C=O) groups excluding carboxylic acids is 1. The molecule has 0 unspecified atom stereocenters. The van der Waals surface area contributed by atoms with Gasteiger partial charge in [0.15, 0.2) is 0 Å². The van der Waals surface area contributed by atoms with Crippen LogP contribution < -0.4 is 10.0 Å². The molecule has 2 aromatic rings. The second-order valence-corrected chi connectivity index (χ2v) is 9.83. The van der Waals surface area contributed by atoms with Crippen molar-refractivity contribution >= 4 is 21.6 Å². The highest BCUT2D eigenvalue weighted by atomic mass is 32.2. The Kier molecular flexibility index (Phi) is 6.77. The number of nitrogens with one attached hydrogen (secondary N) is 2. The number of piperidine rings is 1. The van der Waals surface area contributed by atoms with Gasteiger partial charge in [0, 0.05) is 12.1 Å². The van der Waals surface area contributed by atoms with Crippen LogP contribution in [0.2, 0.25) is 0 Å². The molecule has 30 heavy (non-hydrogen) atoms. The summed E-state index contributed by atoms with van der Waals surface area (Å²) in [4.78, 5) is 15.1. The Morgan fingerprint density at radius 3 is 2.33 bits per heavy atom. The fourth-order valence-electron chi connectivity index (χ4n) is 3.59. The quantitative estimate of drug-likeness (QED) is 0.699. The second kappa shape index (κ2) is 9.14. The molecule has 2 aromatic carbocycles. The van der Waals surface area contributed by atoms with Crippen molar-refractivity contribution in [1.29, 1.82) is 0 Å². The first-order valence-electron chi connectivity index (χ1n) is 10.1. The number of nitrogens with zero attached hydrogens (tertiary/aromatic N) is 1. The molecule has 1 aliphatic rings. The molecule has 1 saturated heterocycles. The van der Waals surface area contributed by atoms with E-state index in [-0.39, 0.29) is 27.6 Å². The third-order valence-electron chi connectivity index (χ3n) is 5.43. The van der Waals surface area contributed by atoms with Crippen LogP contribution in [-0.4, -0.2) is 44.4 Å². The Morgan fingerprint density at radius 1 is 1.03 bits per heavy atom. The second-order valence-electron chi connectivity index (χ2n) is 8.15. The number of carbonyl (C=O) groups is 1. The van der Waals surface area contributed by atoms with Gasteiger partial charge < -0.3 is 5.32 Å². The van der Waals surface area contributed by atoms with Gasteiger partial charge in [0.1, 0.15) is 5.82 Å². The van der Waals surface area contributed by atoms with Crippen molar-refractivity contribution in [3.8, 4) is 0 Å². The van der Waals surface area contributed by atoms with Crippen molar-refractivity contribution < 1.29 is 17.6 Å². The van der Waals surface area contributed by atoms with Crippen LogP contribution in [-0.2, 0) is 10.0 Å². The van der Waals surface area contributed by atoms with E-state index in [9.17, 15) is 17.6 Å². The number of sulfonamides is 1. The molecule has 0 atom stereocenters. The molecule has 0 saturated carbocycles. The van der Waals surface area contributed by atoms with Crippen LogP contribution in [0, 0.1) is 5.82 Å². The van der Waals surface area contributed by atoms with Crippen LogP contribution in [0.4, 0.5) is 10.1 Å². The molecule has 1 amide bonds. The summed E-state index contributed by atoms with van der Waals surface area (Å²) < 4.78 is 40.8. The molecule has 1 fully saturated rings. The van der Waals surface area contributed by atoms with Crippen LogP contribution in [0.3, 0.4) is 0 Å². The lowest BCUT2D eigenvalue weighted by Crippen LogP contribution is -2.53. The number of hydrogen-bond donors (Lipinski definition) is 2. The summed E-state index contributed by atoms with van der Waals surface area (Å²) in [6, 6.07) is 11.0. The van der Waals surface area contributed by atoms with E-state index in [1.54, 1.807) is 18.2 Å². The first-order chi connectivity index (χ1) is 14.2. The van der Waals surface area contributed by atoms with Gasteiger partial charge in [-0.25, -0.2) is 12.8 Å². The first-order valence-corrected chi connectivity index (χ1v) is 11.6. The normalized spacial score (nSPS) is 15.6. The van der Waals surface area contributed by atoms with E-state index < -0.39 is 15.8 Å². The fraction of sp³-hybridized carbons (Fsp3) is 0.409. The lowest BCUT2D eigenvalue weighted by molar-refractivity contribution is 0.0798. The minimum Gasteiger partial charge on any atom is -0.350 e. The van der Waals surface area contributed by atoms with Gasteiger partial charge >= 0.3 is 0 Å². The van der Waals surface area contributed by atoms with Crippen LogP contribution >= 0.6 is 0 Å². The maximum atomic E-state index is 13.1. The van der Waals surface area contributed by atoms with Crippen molar-refractivity contribution in [3.05, 3.63) is 59.9 Å². The van der Waals surface area contributed by atoms with Gasteiger partial charge in [-0.15, -0.1) is 0 Å². The maximum Gasteiger partial charge on any atom is 0.261 e. The molecular weight excluding hydrogens is 405 g/mol. The molecule has 162 valence electrons. The van der Waals surface area contributed by atoms with Gasteiger partial charge in [0.25, 0.3) is 15.9 Å². The number of para-hydroxylation sites is 1. The van der Waals surface area contributed by atoms with Crippen molar-refractivity contribution in [2.45, 2.75) is 43.5 Å². The summed E-state index contributed by atoms with van der Waals surface area (Å²) >= 11 is 0. The van der Waals surface area contributed by atoms with Crippen LogP contribution in [0.1, 0.15) is 43.5 Å². The number of benzene rings is 2. The number of likely N-dealkylation sites (tertiary alicyclic amines) is 1. The van der Waals surface area contributed by atoms with Gasteiger partial charge in [-0.1, -0.05) is 18.6 Å². The molecular formula is C22H28FN3O3S. The molecule has 6 nitrogen and oxygen atoms in total. The lowest BCUT2D eigenvalue weighted by Gasteiger charge is -2.41. The third-order valence-corrected chi connectivity index (χ3v) is 6.82. The van der Waals surface area contributed by atoms with E-state index in [4.69, 9.17) is 0 Å². The third kappa shape index (κ3) is 5.37. The highest BCUT2D eigenvalue weighted by Gasteiger charge is 2.29. The Morgan fingerprint density at radius 2 is 1.67 bits per heavy atom. The molecule has 8 heteroatoms. The van der Waals surface area contributed by atoms with Crippen molar-refractivity contribution in [2.75, 3.05) is 24.4 Å². The number of halogens is 1. The monoisotopic (exact) mass is 433 g/mol. The summed E-state index contributed by atoms with van der Waals surface area (Å²) in [5.41, 5.74) is 0.214. The van der Waals surface area contributed by atoms with Gasteiger partial charge in [-0.05, 0) is 76.2 Å². The van der Waals surface area contributed by atoms with Crippen LogP contribution in [0.5, 0.6) is 0 Å².